The fourth-order valence-electron chi connectivity index (χ4n) is 7.53. The molecule has 2 heterocycles. The molecular formula is C50H32N2S. The molecule has 0 radical (unpaired) electrons. The number of nitrogens with zero attached hydrogens (tertiary/aromatic N) is 2. The van der Waals surface area contributed by atoms with E-state index < -0.39 is 0 Å². The van der Waals surface area contributed by atoms with Crippen LogP contribution in [0.3, 0.4) is 0 Å². The fraction of sp³-hybridized carbons (Fsp3) is 0. The lowest BCUT2D eigenvalue weighted by atomic mass is 9.93. The molecule has 8 aromatic carbocycles. The SMILES string of the molecule is c1cncc(-c2cccc(-c3nc4c(-c5ccc(-c6cccc7ccccc67)cc5)cc(-c5ccc(-c6cccc7ccccc67)cc5)cc4s3)c2)c1. The maximum atomic E-state index is 5.34. The monoisotopic (exact) mass is 692 g/mol. The Hall–Kier alpha value is -6.68. The third-order valence-corrected chi connectivity index (χ3v) is 11.3. The van der Waals surface area contributed by atoms with Gasteiger partial charge in [-0.15, -0.1) is 11.3 Å². The number of thiazole rings is 1. The van der Waals surface area contributed by atoms with Gasteiger partial charge in [0.15, 0.2) is 0 Å². The van der Waals surface area contributed by atoms with Gasteiger partial charge in [-0.25, -0.2) is 4.98 Å². The van der Waals surface area contributed by atoms with E-state index in [9.17, 15) is 0 Å². The minimum atomic E-state index is 1.00. The van der Waals surface area contributed by atoms with Gasteiger partial charge in [-0.1, -0.05) is 158 Å². The van der Waals surface area contributed by atoms with Gasteiger partial charge < -0.3 is 0 Å². The highest BCUT2D eigenvalue weighted by Gasteiger charge is 2.16. The number of rotatable bonds is 6. The normalized spacial score (nSPS) is 11.4. The highest BCUT2D eigenvalue weighted by atomic mass is 32.1. The first kappa shape index (κ1) is 31.1. The molecule has 0 spiro atoms. The maximum absolute atomic E-state index is 5.34. The average molecular weight is 693 g/mol. The Morgan fingerprint density at radius 1 is 0.358 bits per heavy atom. The van der Waals surface area contributed by atoms with Crippen molar-refractivity contribution >= 4 is 43.1 Å². The third kappa shape index (κ3) is 5.78. The highest BCUT2D eigenvalue weighted by molar-refractivity contribution is 7.21. The van der Waals surface area contributed by atoms with Gasteiger partial charge in [0.2, 0.25) is 0 Å². The molecule has 0 aliphatic carbocycles. The molecule has 0 saturated heterocycles. The van der Waals surface area contributed by atoms with E-state index >= 15 is 0 Å². The molecule has 0 atom stereocenters. The van der Waals surface area contributed by atoms with E-state index in [1.54, 1.807) is 11.3 Å². The van der Waals surface area contributed by atoms with Crippen molar-refractivity contribution in [2.24, 2.45) is 0 Å². The minimum absolute atomic E-state index is 1.00. The van der Waals surface area contributed by atoms with Crippen molar-refractivity contribution in [3.05, 3.63) is 194 Å². The van der Waals surface area contributed by atoms with Crippen LogP contribution in [0.25, 0.3) is 98.0 Å². The summed E-state index contributed by atoms with van der Waals surface area (Å²) in [6.45, 7) is 0. The van der Waals surface area contributed by atoms with Gasteiger partial charge in [-0.2, -0.15) is 0 Å². The first-order chi connectivity index (χ1) is 26.2. The van der Waals surface area contributed by atoms with E-state index in [1.807, 2.05) is 18.5 Å². The molecule has 0 saturated carbocycles. The predicted octanol–water partition coefficient (Wildman–Crippen LogP) is 14.0. The van der Waals surface area contributed by atoms with Gasteiger partial charge in [-0.3, -0.25) is 4.98 Å². The van der Waals surface area contributed by atoms with E-state index in [-0.39, 0.29) is 0 Å². The van der Waals surface area contributed by atoms with Gasteiger partial charge >= 0.3 is 0 Å². The topological polar surface area (TPSA) is 25.8 Å². The van der Waals surface area contributed by atoms with Gasteiger partial charge in [0.1, 0.15) is 5.01 Å². The standard InChI is InChI=1S/C50H32N2S/c1-3-16-43-34(9-1)11-6-18-45(43)36-22-20-33(21-23-36)42-30-47(38-26-24-37(25-27-38)46-19-7-12-35-10-2-4-17-44(35)46)49-48(31-42)53-50(52-49)40-14-5-13-39(29-40)41-15-8-28-51-32-41/h1-32H. The second-order valence-electron chi connectivity index (χ2n) is 13.4. The quantitative estimate of drug-likeness (QED) is 0.173. The van der Waals surface area contributed by atoms with E-state index in [1.165, 1.54) is 54.9 Å². The minimum Gasteiger partial charge on any atom is -0.264 e. The van der Waals surface area contributed by atoms with E-state index in [0.29, 0.717) is 0 Å². The van der Waals surface area contributed by atoms with E-state index in [0.717, 1.165) is 43.0 Å². The zero-order valence-corrected chi connectivity index (χ0v) is 29.6. The molecule has 0 amide bonds. The van der Waals surface area contributed by atoms with Gasteiger partial charge in [0.05, 0.1) is 10.2 Å². The smallest absolute Gasteiger partial charge is 0.124 e. The summed E-state index contributed by atoms with van der Waals surface area (Å²) in [5, 5.41) is 6.03. The fourth-order valence-corrected chi connectivity index (χ4v) is 8.56. The summed E-state index contributed by atoms with van der Waals surface area (Å²) in [6, 6.07) is 65.6. The van der Waals surface area contributed by atoms with Gasteiger partial charge in [0.25, 0.3) is 0 Å². The summed E-state index contributed by atoms with van der Waals surface area (Å²) < 4.78 is 1.16. The van der Waals surface area contributed by atoms with Crippen molar-refractivity contribution in [1.82, 2.24) is 9.97 Å². The number of pyridine rings is 1. The lowest BCUT2D eigenvalue weighted by Crippen LogP contribution is -1.87. The van der Waals surface area contributed by atoms with Crippen LogP contribution in [0.2, 0.25) is 0 Å². The molecular weight excluding hydrogens is 661 g/mol. The second-order valence-corrected chi connectivity index (χ2v) is 14.5. The Morgan fingerprint density at radius 3 is 1.55 bits per heavy atom. The Labute approximate surface area is 312 Å². The molecule has 0 unspecified atom stereocenters. The number of fused-ring (bicyclic) bond motifs is 3. The van der Waals surface area contributed by atoms with Crippen LogP contribution >= 0.6 is 11.3 Å². The zero-order chi connectivity index (χ0) is 35.1. The number of hydrogen-bond acceptors (Lipinski definition) is 3. The van der Waals surface area contributed by atoms with Crippen LogP contribution in [0.5, 0.6) is 0 Å². The molecule has 10 aromatic rings. The lowest BCUT2D eigenvalue weighted by molar-refractivity contribution is 1.33. The summed E-state index contributed by atoms with van der Waals surface area (Å²) in [5.41, 5.74) is 13.9. The predicted molar refractivity (Wildman–Crippen MR) is 225 cm³/mol. The lowest BCUT2D eigenvalue weighted by Gasteiger charge is -2.11. The van der Waals surface area contributed by atoms with Crippen molar-refractivity contribution in [3.8, 4) is 66.2 Å². The van der Waals surface area contributed by atoms with Crippen LogP contribution < -0.4 is 0 Å². The molecule has 0 fully saturated rings. The largest absolute Gasteiger partial charge is 0.264 e. The molecule has 0 aliphatic heterocycles. The van der Waals surface area contributed by atoms with Crippen LogP contribution in [-0.2, 0) is 0 Å². The van der Waals surface area contributed by atoms with Crippen molar-refractivity contribution < 1.29 is 0 Å². The van der Waals surface area contributed by atoms with Crippen LogP contribution in [-0.4, -0.2) is 9.97 Å². The third-order valence-electron chi connectivity index (χ3n) is 10.2. The van der Waals surface area contributed by atoms with Crippen molar-refractivity contribution in [3.63, 3.8) is 0 Å². The molecule has 0 bridgehead atoms. The number of benzene rings is 8. The summed E-state index contributed by atoms with van der Waals surface area (Å²) in [4.78, 5) is 9.68. The van der Waals surface area contributed by atoms with Crippen LogP contribution in [0.1, 0.15) is 0 Å². The number of hydrogen-bond donors (Lipinski definition) is 0. The molecule has 248 valence electrons. The molecule has 3 heteroatoms. The zero-order valence-electron chi connectivity index (χ0n) is 28.8. The first-order valence-electron chi connectivity index (χ1n) is 17.9. The maximum Gasteiger partial charge on any atom is 0.124 e. The van der Waals surface area contributed by atoms with Crippen LogP contribution in [0.4, 0.5) is 0 Å². The van der Waals surface area contributed by atoms with E-state index in [4.69, 9.17) is 4.98 Å². The molecule has 10 rings (SSSR count). The summed E-state index contributed by atoms with van der Waals surface area (Å²) >= 11 is 1.75. The highest BCUT2D eigenvalue weighted by Crippen LogP contribution is 2.41. The van der Waals surface area contributed by atoms with Crippen LogP contribution in [0, 0.1) is 0 Å². The Morgan fingerprint density at radius 2 is 0.906 bits per heavy atom. The Bertz CT molecular complexity index is 2910. The average Bonchev–Trinajstić information content (AvgIpc) is 3.68. The Kier molecular flexibility index (Phi) is 7.71. The van der Waals surface area contributed by atoms with Crippen molar-refractivity contribution in [1.29, 1.82) is 0 Å². The van der Waals surface area contributed by atoms with Gasteiger partial charge in [0, 0.05) is 29.1 Å². The summed E-state index contributed by atoms with van der Waals surface area (Å²) in [7, 11) is 0. The van der Waals surface area contributed by atoms with E-state index in [2.05, 4.69) is 181 Å². The van der Waals surface area contributed by atoms with Gasteiger partial charge in [-0.05, 0) is 90.3 Å². The summed E-state index contributed by atoms with van der Waals surface area (Å²) in [5.74, 6) is 0. The second kappa shape index (κ2) is 13.1. The molecule has 2 aromatic heterocycles. The van der Waals surface area contributed by atoms with Crippen molar-refractivity contribution in [2.75, 3.05) is 0 Å². The Balaban J connectivity index is 1.09. The molecule has 0 N–H and O–H groups in total. The summed E-state index contributed by atoms with van der Waals surface area (Å²) in [6.07, 6.45) is 3.72. The number of aromatic nitrogens is 2. The first-order valence-corrected chi connectivity index (χ1v) is 18.7. The molecule has 0 aliphatic rings. The van der Waals surface area contributed by atoms with Crippen LogP contribution in [0.15, 0.2) is 194 Å². The molecule has 2 nitrogen and oxygen atoms in total. The molecule has 53 heavy (non-hydrogen) atoms. The van der Waals surface area contributed by atoms with Crippen molar-refractivity contribution in [2.45, 2.75) is 0 Å².